The lowest BCUT2D eigenvalue weighted by Gasteiger charge is -2.55. The van der Waals surface area contributed by atoms with Gasteiger partial charge < -0.3 is 30.4 Å². The number of hydrogen-bond acceptors (Lipinski definition) is 11. The summed E-state index contributed by atoms with van der Waals surface area (Å²) in [6.07, 6.45) is 0. The van der Waals surface area contributed by atoms with Crippen LogP contribution >= 0.6 is 23.5 Å². The van der Waals surface area contributed by atoms with Crippen LogP contribution < -0.4 is 11.1 Å². The Labute approximate surface area is 186 Å². The van der Waals surface area contributed by atoms with E-state index in [2.05, 4.69) is 5.32 Å². The first kappa shape index (κ1) is 25.0. The number of carboxylic acid groups (broad SMARTS) is 1. The number of nitrogens with one attached hydrogen (secondary N) is 1. The molecule has 2 aliphatic rings. The van der Waals surface area contributed by atoms with Gasteiger partial charge in [-0.25, -0.2) is 4.79 Å². The van der Waals surface area contributed by atoms with E-state index in [0.717, 1.165) is 23.8 Å². The van der Waals surface area contributed by atoms with Gasteiger partial charge in [0, 0.05) is 31.1 Å². The van der Waals surface area contributed by atoms with E-state index in [1.165, 1.54) is 25.8 Å². The molecular weight excluding hydrogens is 454 g/mol. The number of amides is 2. The largest absolute Gasteiger partial charge is 0.480 e. The Morgan fingerprint density at radius 2 is 2.06 bits per heavy atom. The average Bonchev–Trinajstić information content (AvgIpc) is 2.74. The lowest BCUT2D eigenvalue weighted by atomic mass is 9.98. The zero-order chi connectivity index (χ0) is 23.3. The summed E-state index contributed by atoms with van der Waals surface area (Å²) in [6.45, 7) is 1.04. The van der Waals surface area contributed by atoms with Crippen LogP contribution in [0.2, 0.25) is 0 Å². The van der Waals surface area contributed by atoms with Crippen molar-refractivity contribution in [3.05, 3.63) is 11.3 Å². The highest BCUT2D eigenvalue weighted by molar-refractivity contribution is 8.00. The number of β-lactam (4-membered cyclic amide) rings is 1. The van der Waals surface area contributed by atoms with Gasteiger partial charge in [0.15, 0.2) is 0 Å². The Morgan fingerprint density at radius 1 is 1.39 bits per heavy atom. The molecule has 0 aromatic rings. The second kappa shape index (κ2) is 10.3. The van der Waals surface area contributed by atoms with Crippen molar-refractivity contribution >= 4 is 53.2 Å². The number of carbonyl (C=O) groups is 5. The second-order valence-corrected chi connectivity index (χ2v) is 8.61. The minimum atomic E-state index is -1.70. The van der Waals surface area contributed by atoms with E-state index in [9.17, 15) is 24.0 Å². The van der Waals surface area contributed by atoms with Gasteiger partial charge in [0.1, 0.15) is 23.7 Å². The molecular formula is C17H23N3O9S2. The van der Waals surface area contributed by atoms with Gasteiger partial charge in [0.25, 0.3) is 11.6 Å². The number of thioether (sulfide) groups is 2. The summed E-state index contributed by atoms with van der Waals surface area (Å²) in [5, 5.41) is 10.6. The van der Waals surface area contributed by atoms with Crippen molar-refractivity contribution in [2.24, 2.45) is 5.73 Å². The van der Waals surface area contributed by atoms with Crippen molar-refractivity contribution in [1.29, 1.82) is 0 Å². The topological polar surface area (TPSA) is 175 Å². The quantitative estimate of drug-likeness (QED) is 0.189. The van der Waals surface area contributed by atoms with Crippen molar-refractivity contribution in [2.75, 3.05) is 38.1 Å². The minimum Gasteiger partial charge on any atom is -0.480 e. The van der Waals surface area contributed by atoms with E-state index >= 15 is 0 Å². The molecule has 0 radical (unpaired) electrons. The number of nitrogens with zero attached hydrogens (tertiary/aromatic N) is 1. The number of nitrogens with two attached hydrogens (primary N) is 1. The lowest BCUT2D eigenvalue weighted by molar-refractivity contribution is -0.192. The maximum atomic E-state index is 13.0. The molecule has 0 bridgehead atoms. The highest BCUT2D eigenvalue weighted by Gasteiger charge is 2.66. The third-order valence-corrected chi connectivity index (χ3v) is 6.87. The zero-order valence-corrected chi connectivity index (χ0v) is 18.7. The van der Waals surface area contributed by atoms with Crippen molar-refractivity contribution < 1.29 is 43.3 Å². The SMILES string of the molecule is COC(=O)C1=C(COC(C)=O)CS[C@H]2N1C(=O)[C@]2(NC(=O)CSC[C@@H](N)C(=O)O)OC. The van der Waals surface area contributed by atoms with E-state index < -0.39 is 46.9 Å². The number of methoxy groups -OCH3 is 2. The molecule has 2 aliphatic heterocycles. The van der Waals surface area contributed by atoms with Gasteiger partial charge in [0.2, 0.25) is 5.91 Å². The molecule has 31 heavy (non-hydrogen) atoms. The first-order valence-corrected chi connectivity index (χ1v) is 11.1. The van der Waals surface area contributed by atoms with Crippen LogP contribution in [0.4, 0.5) is 0 Å². The molecule has 0 saturated carbocycles. The zero-order valence-electron chi connectivity index (χ0n) is 17.0. The minimum absolute atomic E-state index is 0.00964. The molecule has 172 valence electrons. The fourth-order valence-electron chi connectivity index (χ4n) is 2.92. The highest BCUT2D eigenvalue weighted by atomic mass is 32.2. The lowest BCUT2D eigenvalue weighted by Crippen LogP contribution is -2.80. The maximum Gasteiger partial charge on any atom is 0.354 e. The Morgan fingerprint density at radius 3 is 2.61 bits per heavy atom. The number of rotatable bonds is 10. The van der Waals surface area contributed by atoms with Crippen molar-refractivity contribution in [3.8, 4) is 0 Å². The van der Waals surface area contributed by atoms with Crippen molar-refractivity contribution in [1.82, 2.24) is 10.2 Å². The Bertz CT molecular complexity index is 819. The second-order valence-electron chi connectivity index (χ2n) is 6.51. The summed E-state index contributed by atoms with van der Waals surface area (Å²) in [5.41, 5.74) is 4.03. The summed E-state index contributed by atoms with van der Waals surface area (Å²) in [6, 6.07) is -1.12. The summed E-state index contributed by atoms with van der Waals surface area (Å²) in [4.78, 5) is 60.7. The fraction of sp³-hybridized carbons (Fsp3) is 0.588. The third kappa shape index (κ3) is 5.14. The molecule has 2 amide bonds. The molecule has 0 aliphatic carbocycles. The van der Waals surface area contributed by atoms with Crippen molar-refractivity contribution in [3.63, 3.8) is 0 Å². The van der Waals surface area contributed by atoms with Crippen LogP contribution in [0.25, 0.3) is 0 Å². The Balaban J connectivity index is 2.15. The van der Waals surface area contributed by atoms with Crippen LogP contribution in [0.1, 0.15) is 6.92 Å². The first-order valence-electron chi connectivity index (χ1n) is 8.90. The van der Waals surface area contributed by atoms with Gasteiger partial charge in [-0.15, -0.1) is 23.5 Å². The highest BCUT2D eigenvalue weighted by Crippen LogP contribution is 2.46. The normalized spacial score (nSPS) is 23.4. The van der Waals surface area contributed by atoms with Gasteiger partial charge in [0.05, 0.1) is 12.9 Å². The van der Waals surface area contributed by atoms with E-state index in [0.29, 0.717) is 5.57 Å². The van der Waals surface area contributed by atoms with Crippen LogP contribution in [0.5, 0.6) is 0 Å². The Kier molecular flexibility index (Phi) is 8.34. The standard InChI is InChI=1S/C17H23N3O9S2/c1-8(21)29-4-9-5-31-16-17(28-3,15(26)20(16)12(9)14(25)27-2)19-11(22)7-30-6-10(18)13(23)24/h10,16H,4-7,18H2,1-3H3,(H,19,22)(H,23,24)/t10-,16-,17+/m1/s1. The molecule has 0 aromatic heterocycles. The molecule has 12 nitrogen and oxygen atoms in total. The smallest absolute Gasteiger partial charge is 0.354 e. The fourth-order valence-corrected chi connectivity index (χ4v) is 5.11. The number of fused-ring (bicyclic) bond motifs is 1. The first-order chi connectivity index (χ1) is 14.6. The molecule has 14 heteroatoms. The summed E-state index contributed by atoms with van der Waals surface area (Å²) in [7, 11) is 2.41. The molecule has 1 saturated heterocycles. The van der Waals surface area contributed by atoms with E-state index in [1.54, 1.807) is 0 Å². The molecule has 4 N–H and O–H groups in total. The Hall–Kier alpha value is -2.29. The van der Waals surface area contributed by atoms with E-state index in [4.69, 9.17) is 25.1 Å². The number of ether oxygens (including phenoxy) is 3. The predicted molar refractivity (Wildman–Crippen MR) is 110 cm³/mol. The average molecular weight is 478 g/mol. The number of carboxylic acids is 1. The number of esters is 2. The molecule has 2 heterocycles. The van der Waals surface area contributed by atoms with Gasteiger partial charge >= 0.3 is 17.9 Å². The molecule has 2 rings (SSSR count). The van der Waals surface area contributed by atoms with E-state index in [-0.39, 0.29) is 29.6 Å². The van der Waals surface area contributed by atoms with Gasteiger partial charge in [-0.3, -0.25) is 24.1 Å². The van der Waals surface area contributed by atoms with Crippen LogP contribution in [-0.2, 0) is 38.2 Å². The third-order valence-electron chi connectivity index (χ3n) is 4.43. The maximum absolute atomic E-state index is 13.0. The monoisotopic (exact) mass is 477 g/mol. The van der Waals surface area contributed by atoms with Crippen molar-refractivity contribution in [2.45, 2.75) is 24.1 Å². The van der Waals surface area contributed by atoms with Crippen LogP contribution in [0, 0.1) is 0 Å². The molecule has 3 atom stereocenters. The van der Waals surface area contributed by atoms with Gasteiger partial charge in [-0.1, -0.05) is 0 Å². The number of hydrogen-bond donors (Lipinski definition) is 3. The van der Waals surface area contributed by atoms with E-state index in [1.807, 2.05) is 0 Å². The van der Waals surface area contributed by atoms with Gasteiger partial charge in [-0.05, 0) is 0 Å². The van der Waals surface area contributed by atoms with Crippen LogP contribution in [0.3, 0.4) is 0 Å². The molecule has 1 fully saturated rings. The molecule has 0 unspecified atom stereocenters. The number of carbonyl (C=O) groups excluding carboxylic acids is 4. The van der Waals surface area contributed by atoms with Gasteiger partial charge in [-0.2, -0.15) is 0 Å². The van der Waals surface area contributed by atoms with Crippen LogP contribution in [0.15, 0.2) is 11.3 Å². The molecule has 0 aromatic carbocycles. The summed E-state index contributed by atoms with van der Waals surface area (Å²) < 4.78 is 15.1. The van der Waals surface area contributed by atoms with Crippen LogP contribution in [-0.4, -0.2) is 95.0 Å². The molecule has 0 spiro atoms. The summed E-state index contributed by atoms with van der Waals surface area (Å²) >= 11 is 2.21. The predicted octanol–water partition coefficient (Wildman–Crippen LogP) is -1.50. The number of aliphatic carboxylic acids is 1. The summed E-state index contributed by atoms with van der Waals surface area (Å²) in [5.74, 6) is -3.66.